The standard InChI is InChI=1S/C16H15BrClN5O/c1-2-22-10-14(17)15(21-22)16(24)20-13-7-19-23(9-13)8-11-3-5-12(18)6-4-11/h3-7,9-10H,2,8H2,1H3,(H,20,24). The number of halogens is 2. The number of hydrogen-bond donors (Lipinski definition) is 1. The minimum absolute atomic E-state index is 0.278. The SMILES string of the molecule is CCn1cc(Br)c(C(=O)Nc2cnn(Cc3ccc(Cl)cc3)c2)n1. The summed E-state index contributed by atoms with van der Waals surface area (Å²) in [6, 6.07) is 7.56. The number of carbonyl (C=O) groups excluding carboxylic acids is 1. The summed E-state index contributed by atoms with van der Waals surface area (Å²) < 4.78 is 4.11. The molecule has 0 saturated heterocycles. The van der Waals surface area contributed by atoms with Crippen LogP contribution in [0.15, 0.2) is 47.3 Å². The Morgan fingerprint density at radius 3 is 2.67 bits per heavy atom. The van der Waals surface area contributed by atoms with Gasteiger partial charge >= 0.3 is 0 Å². The first kappa shape index (κ1) is 16.7. The fourth-order valence-electron chi connectivity index (χ4n) is 2.19. The highest BCUT2D eigenvalue weighted by Gasteiger charge is 2.15. The first-order chi connectivity index (χ1) is 11.5. The predicted octanol–water partition coefficient (Wildman–Crippen LogP) is 3.82. The highest BCUT2D eigenvalue weighted by Crippen LogP contribution is 2.17. The van der Waals surface area contributed by atoms with E-state index in [1.807, 2.05) is 31.2 Å². The van der Waals surface area contributed by atoms with Crippen LogP contribution in [-0.2, 0) is 13.1 Å². The van der Waals surface area contributed by atoms with Crippen LogP contribution in [0, 0.1) is 0 Å². The fourth-order valence-corrected chi connectivity index (χ4v) is 2.82. The number of nitrogens with zero attached hydrogens (tertiary/aromatic N) is 4. The molecule has 1 N–H and O–H groups in total. The summed E-state index contributed by atoms with van der Waals surface area (Å²) in [5, 5.41) is 12.0. The Kier molecular flexibility index (Phi) is 5.01. The first-order valence-electron chi connectivity index (χ1n) is 7.36. The number of benzene rings is 1. The maximum Gasteiger partial charge on any atom is 0.277 e. The van der Waals surface area contributed by atoms with Crippen molar-refractivity contribution in [2.45, 2.75) is 20.0 Å². The van der Waals surface area contributed by atoms with Crippen molar-refractivity contribution in [2.24, 2.45) is 0 Å². The zero-order chi connectivity index (χ0) is 17.1. The van der Waals surface area contributed by atoms with Gasteiger partial charge in [0.15, 0.2) is 5.69 Å². The molecule has 24 heavy (non-hydrogen) atoms. The van der Waals surface area contributed by atoms with Gasteiger partial charge in [0.05, 0.1) is 22.9 Å². The molecule has 124 valence electrons. The van der Waals surface area contributed by atoms with Gasteiger partial charge in [-0.3, -0.25) is 14.2 Å². The molecule has 0 fully saturated rings. The molecule has 0 radical (unpaired) electrons. The highest BCUT2D eigenvalue weighted by atomic mass is 79.9. The lowest BCUT2D eigenvalue weighted by Crippen LogP contribution is -2.13. The van der Waals surface area contributed by atoms with E-state index in [1.165, 1.54) is 0 Å². The Hall–Kier alpha value is -2.12. The van der Waals surface area contributed by atoms with E-state index in [0.717, 1.165) is 5.56 Å². The van der Waals surface area contributed by atoms with Crippen molar-refractivity contribution in [2.75, 3.05) is 5.32 Å². The van der Waals surface area contributed by atoms with Crippen molar-refractivity contribution in [3.8, 4) is 0 Å². The summed E-state index contributed by atoms with van der Waals surface area (Å²) in [7, 11) is 0. The molecule has 0 unspecified atom stereocenters. The highest BCUT2D eigenvalue weighted by molar-refractivity contribution is 9.10. The second-order valence-corrected chi connectivity index (χ2v) is 6.48. The number of hydrogen-bond acceptors (Lipinski definition) is 3. The Bertz CT molecular complexity index is 856. The van der Waals surface area contributed by atoms with Gasteiger partial charge in [0.1, 0.15) is 0 Å². The lowest BCUT2D eigenvalue weighted by Gasteiger charge is -2.02. The van der Waals surface area contributed by atoms with Gasteiger partial charge in [0.2, 0.25) is 0 Å². The topological polar surface area (TPSA) is 64.7 Å². The van der Waals surface area contributed by atoms with Gasteiger partial charge in [-0.1, -0.05) is 23.7 Å². The summed E-state index contributed by atoms with van der Waals surface area (Å²) in [5.74, 6) is -0.278. The van der Waals surface area contributed by atoms with Crippen LogP contribution in [-0.4, -0.2) is 25.5 Å². The third-order valence-corrected chi connectivity index (χ3v) is 4.24. The number of carbonyl (C=O) groups is 1. The molecule has 1 amide bonds. The van der Waals surface area contributed by atoms with Crippen LogP contribution in [0.2, 0.25) is 5.02 Å². The van der Waals surface area contributed by atoms with E-state index in [4.69, 9.17) is 11.6 Å². The van der Waals surface area contributed by atoms with E-state index in [0.29, 0.717) is 34.0 Å². The van der Waals surface area contributed by atoms with E-state index in [1.54, 1.807) is 28.0 Å². The third-order valence-electron chi connectivity index (χ3n) is 3.41. The molecule has 0 spiro atoms. The number of aryl methyl sites for hydroxylation is 1. The molecule has 2 aromatic heterocycles. The van der Waals surface area contributed by atoms with E-state index in [9.17, 15) is 4.79 Å². The molecular weight excluding hydrogens is 394 g/mol. The largest absolute Gasteiger partial charge is 0.318 e. The summed E-state index contributed by atoms with van der Waals surface area (Å²) in [6.07, 6.45) is 5.16. The van der Waals surface area contributed by atoms with E-state index >= 15 is 0 Å². The van der Waals surface area contributed by atoms with Crippen molar-refractivity contribution in [3.05, 3.63) is 63.6 Å². The van der Waals surface area contributed by atoms with Crippen molar-refractivity contribution < 1.29 is 4.79 Å². The number of rotatable bonds is 5. The monoisotopic (exact) mass is 407 g/mol. The van der Waals surface area contributed by atoms with Gasteiger partial charge in [-0.25, -0.2) is 0 Å². The number of nitrogens with one attached hydrogen (secondary N) is 1. The molecule has 3 rings (SSSR count). The van der Waals surface area contributed by atoms with Crippen molar-refractivity contribution >= 4 is 39.1 Å². The van der Waals surface area contributed by atoms with Crippen LogP contribution >= 0.6 is 27.5 Å². The quantitative estimate of drug-likeness (QED) is 0.698. The smallest absolute Gasteiger partial charge is 0.277 e. The van der Waals surface area contributed by atoms with Gasteiger partial charge in [-0.2, -0.15) is 10.2 Å². The molecule has 6 nitrogen and oxygen atoms in total. The first-order valence-corrected chi connectivity index (χ1v) is 8.53. The minimum atomic E-state index is -0.278. The normalized spacial score (nSPS) is 10.8. The van der Waals surface area contributed by atoms with Gasteiger partial charge in [-0.15, -0.1) is 0 Å². The molecule has 0 atom stereocenters. The molecule has 0 aliphatic rings. The average molecular weight is 409 g/mol. The summed E-state index contributed by atoms with van der Waals surface area (Å²) >= 11 is 9.23. The lowest BCUT2D eigenvalue weighted by atomic mass is 10.2. The zero-order valence-electron chi connectivity index (χ0n) is 12.9. The van der Waals surface area contributed by atoms with E-state index in [2.05, 4.69) is 31.4 Å². The zero-order valence-corrected chi connectivity index (χ0v) is 15.3. The van der Waals surface area contributed by atoms with Crippen LogP contribution < -0.4 is 5.32 Å². The van der Waals surface area contributed by atoms with Crippen LogP contribution in [0.4, 0.5) is 5.69 Å². The molecule has 0 aliphatic heterocycles. The number of aromatic nitrogens is 4. The van der Waals surface area contributed by atoms with Gasteiger partial charge in [0.25, 0.3) is 5.91 Å². The summed E-state index contributed by atoms with van der Waals surface area (Å²) in [6.45, 7) is 3.26. The second kappa shape index (κ2) is 7.19. The third kappa shape index (κ3) is 3.85. The number of anilines is 1. The average Bonchev–Trinajstić information content (AvgIpc) is 3.16. The molecular formula is C16H15BrClN5O. The van der Waals surface area contributed by atoms with Crippen LogP contribution in [0.3, 0.4) is 0 Å². The van der Waals surface area contributed by atoms with Crippen LogP contribution in [0.5, 0.6) is 0 Å². The molecule has 0 bridgehead atoms. The van der Waals surface area contributed by atoms with Gasteiger partial charge in [0, 0.05) is 24.0 Å². The maximum atomic E-state index is 12.3. The maximum absolute atomic E-state index is 12.3. The van der Waals surface area contributed by atoms with Gasteiger partial charge < -0.3 is 5.32 Å². The minimum Gasteiger partial charge on any atom is -0.318 e. The predicted molar refractivity (Wildman–Crippen MR) is 96.3 cm³/mol. The molecule has 1 aromatic carbocycles. The fraction of sp³-hybridized carbons (Fsp3) is 0.188. The van der Waals surface area contributed by atoms with Crippen LogP contribution in [0.1, 0.15) is 23.0 Å². The lowest BCUT2D eigenvalue weighted by molar-refractivity contribution is 0.102. The number of amides is 1. The van der Waals surface area contributed by atoms with Crippen molar-refractivity contribution in [1.82, 2.24) is 19.6 Å². The van der Waals surface area contributed by atoms with Crippen molar-refractivity contribution in [3.63, 3.8) is 0 Å². The summed E-state index contributed by atoms with van der Waals surface area (Å²) in [5.41, 5.74) is 2.04. The molecule has 2 heterocycles. The molecule has 3 aromatic rings. The molecule has 8 heteroatoms. The van der Waals surface area contributed by atoms with Gasteiger partial charge in [-0.05, 0) is 40.5 Å². The molecule has 0 aliphatic carbocycles. The molecule has 0 saturated carbocycles. The van der Waals surface area contributed by atoms with Crippen LogP contribution in [0.25, 0.3) is 0 Å². The Balaban J connectivity index is 1.68. The summed E-state index contributed by atoms with van der Waals surface area (Å²) in [4.78, 5) is 12.3. The van der Waals surface area contributed by atoms with E-state index < -0.39 is 0 Å². The van der Waals surface area contributed by atoms with E-state index in [-0.39, 0.29) is 5.91 Å². The Morgan fingerprint density at radius 2 is 2.00 bits per heavy atom. The Morgan fingerprint density at radius 1 is 1.25 bits per heavy atom. The second-order valence-electron chi connectivity index (χ2n) is 5.19. The van der Waals surface area contributed by atoms with Crippen molar-refractivity contribution in [1.29, 1.82) is 0 Å². The Labute approximate surface area is 152 Å².